The van der Waals surface area contributed by atoms with Gasteiger partial charge in [0.2, 0.25) is 0 Å². The van der Waals surface area contributed by atoms with Crippen molar-refractivity contribution < 1.29 is 0 Å². The van der Waals surface area contributed by atoms with Gasteiger partial charge in [0.25, 0.3) is 0 Å². The van der Waals surface area contributed by atoms with E-state index in [9.17, 15) is 0 Å². The highest BCUT2D eigenvalue weighted by Crippen LogP contribution is 2.29. The van der Waals surface area contributed by atoms with Crippen LogP contribution in [0.2, 0.25) is 0 Å². The molecular weight excluding hydrogens is 230 g/mol. The van der Waals surface area contributed by atoms with Crippen LogP contribution in [-0.4, -0.2) is 13.1 Å². The number of rotatable bonds is 3. The van der Waals surface area contributed by atoms with Gasteiger partial charge in [0.15, 0.2) is 0 Å². The van der Waals surface area contributed by atoms with Gasteiger partial charge in [-0.25, -0.2) is 0 Å². The molecular formula is C15H22ClN. The van der Waals surface area contributed by atoms with E-state index < -0.39 is 0 Å². The second kappa shape index (κ2) is 5.77. The number of hydrogen-bond acceptors (Lipinski definition) is 1. The van der Waals surface area contributed by atoms with Crippen LogP contribution in [0.4, 0.5) is 5.69 Å². The number of benzene rings is 1. The maximum Gasteiger partial charge on any atom is 0.0494 e. The van der Waals surface area contributed by atoms with E-state index in [0.717, 1.165) is 5.92 Å². The van der Waals surface area contributed by atoms with Gasteiger partial charge in [0.1, 0.15) is 0 Å². The Morgan fingerprint density at radius 1 is 1.29 bits per heavy atom. The molecule has 0 amide bonds. The zero-order chi connectivity index (χ0) is 12.3. The van der Waals surface area contributed by atoms with Crippen molar-refractivity contribution >= 4 is 17.3 Å². The zero-order valence-electron chi connectivity index (χ0n) is 10.9. The molecule has 1 heterocycles. The number of nitrogens with zero attached hydrogens (tertiary/aromatic N) is 1. The van der Waals surface area contributed by atoms with E-state index in [2.05, 4.69) is 36.9 Å². The lowest BCUT2D eigenvalue weighted by Gasteiger charge is -2.34. The SMILES string of the molecule is CCC1CCN(c2ccc(C)cc2CCl)CC1. The molecule has 17 heavy (non-hydrogen) atoms. The Bertz CT molecular complexity index is 367. The van der Waals surface area contributed by atoms with E-state index in [1.807, 2.05) is 0 Å². The number of anilines is 1. The number of hydrogen-bond donors (Lipinski definition) is 0. The third-order valence-electron chi connectivity index (χ3n) is 3.91. The van der Waals surface area contributed by atoms with Crippen molar-refractivity contribution in [1.29, 1.82) is 0 Å². The second-order valence-corrected chi connectivity index (χ2v) is 5.37. The molecule has 1 aromatic carbocycles. The fourth-order valence-electron chi connectivity index (χ4n) is 2.71. The van der Waals surface area contributed by atoms with E-state index in [1.165, 1.54) is 49.2 Å². The summed E-state index contributed by atoms with van der Waals surface area (Å²) in [5.74, 6) is 1.54. The quantitative estimate of drug-likeness (QED) is 0.722. The standard InChI is InChI=1S/C15H22ClN/c1-3-13-6-8-17(9-7-13)15-5-4-12(2)10-14(15)11-16/h4-5,10,13H,3,6-9,11H2,1-2H3. The van der Waals surface area contributed by atoms with Crippen LogP contribution < -0.4 is 4.90 Å². The van der Waals surface area contributed by atoms with Gasteiger partial charge in [0, 0.05) is 24.7 Å². The molecule has 94 valence electrons. The van der Waals surface area contributed by atoms with Crippen LogP contribution in [0.15, 0.2) is 18.2 Å². The largest absolute Gasteiger partial charge is 0.371 e. The molecule has 0 radical (unpaired) electrons. The molecule has 0 spiro atoms. The van der Waals surface area contributed by atoms with Gasteiger partial charge in [-0.15, -0.1) is 11.6 Å². The molecule has 0 aliphatic carbocycles. The lowest BCUT2D eigenvalue weighted by molar-refractivity contribution is 0.395. The highest BCUT2D eigenvalue weighted by Gasteiger charge is 2.19. The third kappa shape index (κ3) is 2.95. The zero-order valence-corrected chi connectivity index (χ0v) is 11.6. The molecule has 0 atom stereocenters. The summed E-state index contributed by atoms with van der Waals surface area (Å²) >= 11 is 6.05. The first-order valence-corrected chi connectivity index (χ1v) is 7.18. The highest BCUT2D eigenvalue weighted by atomic mass is 35.5. The van der Waals surface area contributed by atoms with Gasteiger partial charge in [-0.2, -0.15) is 0 Å². The topological polar surface area (TPSA) is 3.24 Å². The fraction of sp³-hybridized carbons (Fsp3) is 0.600. The molecule has 1 fully saturated rings. The number of alkyl halides is 1. The van der Waals surface area contributed by atoms with Crippen molar-refractivity contribution in [1.82, 2.24) is 0 Å². The Balaban J connectivity index is 2.12. The first kappa shape index (κ1) is 12.8. The van der Waals surface area contributed by atoms with Gasteiger partial charge in [-0.3, -0.25) is 0 Å². The Hall–Kier alpha value is -0.690. The fourth-order valence-corrected chi connectivity index (χ4v) is 2.93. The summed E-state index contributed by atoms with van der Waals surface area (Å²) < 4.78 is 0. The van der Waals surface area contributed by atoms with Crippen molar-refractivity contribution in [3.63, 3.8) is 0 Å². The van der Waals surface area contributed by atoms with Crippen LogP contribution in [0.1, 0.15) is 37.3 Å². The molecule has 1 aromatic rings. The molecule has 0 saturated carbocycles. The maximum absolute atomic E-state index is 6.05. The summed E-state index contributed by atoms with van der Waals surface area (Å²) in [6.45, 7) is 6.80. The van der Waals surface area contributed by atoms with Crippen molar-refractivity contribution in [2.45, 2.75) is 39.0 Å². The second-order valence-electron chi connectivity index (χ2n) is 5.10. The molecule has 1 aliphatic heterocycles. The molecule has 2 heteroatoms. The summed E-state index contributed by atoms with van der Waals surface area (Å²) in [6, 6.07) is 6.64. The minimum atomic E-state index is 0.616. The van der Waals surface area contributed by atoms with Crippen LogP contribution in [0.25, 0.3) is 0 Å². The van der Waals surface area contributed by atoms with Crippen LogP contribution in [0, 0.1) is 12.8 Å². The van der Waals surface area contributed by atoms with Crippen molar-refractivity contribution in [3.8, 4) is 0 Å². The Labute approximate surface area is 110 Å². The van der Waals surface area contributed by atoms with E-state index >= 15 is 0 Å². The molecule has 1 aliphatic rings. The van der Waals surface area contributed by atoms with Crippen molar-refractivity contribution in [2.75, 3.05) is 18.0 Å². The molecule has 0 aromatic heterocycles. The Morgan fingerprint density at radius 3 is 2.59 bits per heavy atom. The average Bonchev–Trinajstić information content (AvgIpc) is 2.39. The van der Waals surface area contributed by atoms with Crippen LogP contribution in [0.3, 0.4) is 0 Å². The highest BCUT2D eigenvalue weighted by molar-refractivity contribution is 6.17. The van der Waals surface area contributed by atoms with Gasteiger partial charge in [0.05, 0.1) is 0 Å². The lowest BCUT2D eigenvalue weighted by Crippen LogP contribution is -2.34. The third-order valence-corrected chi connectivity index (χ3v) is 4.20. The normalized spacial score (nSPS) is 17.5. The predicted octanol–water partition coefficient (Wildman–Crippen LogP) is 4.36. The van der Waals surface area contributed by atoms with Crippen molar-refractivity contribution in [3.05, 3.63) is 29.3 Å². The van der Waals surface area contributed by atoms with Gasteiger partial charge in [-0.1, -0.05) is 31.0 Å². The van der Waals surface area contributed by atoms with E-state index in [1.54, 1.807) is 0 Å². The predicted molar refractivity (Wildman–Crippen MR) is 76.0 cm³/mol. The number of aryl methyl sites for hydroxylation is 1. The Kier molecular flexibility index (Phi) is 4.33. The average molecular weight is 252 g/mol. The van der Waals surface area contributed by atoms with Crippen LogP contribution in [0.5, 0.6) is 0 Å². The summed E-state index contributed by atoms with van der Waals surface area (Å²) in [7, 11) is 0. The molecule has 0 bridgehead atoms. The van der Waals surface area contributed by atoms with E-state index in [0.29, 0.717) is 5.88 Å². The van der Waals surface area contributed by atoms with Gasteiger partial charge >= 0.3 is 0 Å². The summed E-state index contributed by atoms with van der Waals surface area (Å²) in [6.07, 6.45) is 3.97. The van der Waals surface area contributed by atoms with Crippen molar-refractivity contribution in [2.24, 2.45) is 5.92 Å². The number of piperidine rings is 1. The first-order chi connectivity index (χ1) is 8.24. The first-order valence-electron chi connectivity index (χ1n) is 6.65. The number of halogens is 1. The Morgan fingerprint density at radius 2 is 2.00 bits per heavy atom. The molecule has 2 rings (SSSR count). The minimum Gasteiger partial charge on any atom is -0.371 e. The van der Waals surface area contributed by atoms with Gasteiger partial charge in [-0.05, 0) is 37.3 Å². The summed E-state index contributed by atoms with van der Waals surface area (Å²) in [4.78, 5) is 2.50. The molecule has 0 N–H and O–H groups in total. The van der Waals surface area contributed by atoms with E-state index in [4.69, 9.17) is 11.6 Å². The van der Waals surface area contributed by atoms with Gasteiger partial charge < -0.3 is 4.90 Å². The molecule has 1 saturated heterocycles. The maximum atomic E-state index is 6.05. The van der Waals surface area contributed by atoms with Crippen LogP contribution >= 0.6 is 11.6 Å². The molecule has 0 unspecified atom stereocenters. The minimum absolute atomic E-state index is 0.616. The van der Waals surface area contributed by atoms with E-state index in [-0.39, 0.29) is 0 Å². The monoisotopic (exact) mass is 251 g/mol. The summed E-state index contributed by atoms with van der Waals surface area (Å²) in [5.41, 5.74) is 3.93. The summed E-state index contributed by atoms with van der Waals surface area (Å²) in [5, 5.41) is 0. The van der Waals surface area contributed by atoms with Crippen LogP contribution in [-0.2, 0) is 5.88 Å². The lowest BCUT2D eigenvalue weighted by atomic mass is 9.93. The smallest absolute Gasteiger partial charge is 0.0494 e. The molecule has 1 nitrogen and oxygen atoms in total.